The zero-order valence-corrected chi connectivity index (χ0v) is 17.4. The maximum atomic E-state index is 13.3. The first-order chi connectivity index (χ1) is 13.0. The number of halogens is 1. The summed E-state index contributed by atoms with van der Waals surface area (Å²) in [6.45, 7) is 4.79. The van der Waals surface area contributed by atoms with Crippen LogP contribution in [0.4, 0.5) is 0 Å². The molecule has 0 N–H and O–H groups in total. The largest absolute Gasteiger partial charge is 0.304 e. The summed E-state index contributed by atoms with van der Waals surface area (Å²) in [5.41, 5.74) is 3.48. The van der Waals surface area contributed by atoms with Crippen molar-refractivity contribution in [1.82, 2.24) is 13.8 Å². The molecule has 2 aliphatic heterocycles. The van der Waals surface area contributed by atoms with E-state index in [1.807, 2.05) is 30.3 Å². The molecule has 3 aromatic rings. The van der Waals surface area contributed by atoms with E-state index in [1.165, 1.54) is 0 Å². The van der Waals surface area contributed by atoms with Gasteiger partial charge in [-0.25, -0.2) is 12.4 Å². The third-order valence-corrected chi connectivity index (χ3v) is 8.07. The molecular formula is C20H20BrN3O2S. The van der Waals surface area contributed by atoms with E-state index < -0.39 is 10.0 Å². The summed E-state index contributed by atoms with van der Waals surface area (Å²) < 4.78 is 29.0. The highest BCUT2D eigenvalue weighted by Gasteiger charge is 2.37. The first-order valence-electron chi connectivity index (χ1n) is 9.06. The Morgan fingerprint density at radius 1 is 1.00 bits per heavy atom. The summed E-state index contributed by atoms with van der Waals surface area (Å²) in [7, 11) is -1.43. The fourth-order valence-electron chi connectivity index (χ4n) is 4.23. The number of fused-ring (bicyclic) bond motifs is 5. The number of nitrogens with zero attached hydrogens (tertiary/aromatic N) is 3. The van der Waals surface area contributed by atoms with E-state index in [4.69, 9.17) is 0 Å². The van der Waals surface area contributed by atoms with Gasteiger partial charge >= 0.3 is 0 Å². The molecule has 0 radical (unpaired) electrons. The first-order valence-corrected chi connectivity index (χ1v) is 11.3. The summed E-state index contributed by atoms with van der Waals surface area (Å²) in [6.07, 6.45) is 0. The van der Waals surface area contributed by atoms with Crippen molar-refractivity contribution in [1.29, 1.82) is 0 Å². The van der Waals surface area contributed by atoms with Crippen LogP contribution in [-0.2, 0) is 16.6 Å². The molecule has 140 valence electrons. The van der Waals surface area contributed by atoms with Crippen LogP contribution in [0.15, 0.2) is 51.8 Å². The lowest BCUT2D eigenvalue weighted by Crippen LogP contribution is -2.43. The van der Waals surface area contributed by atoms with E-state index in [2.05, 4.69) is 32.8 Å². The summed E-state index contributed by atoms with van der Waals surface area (Å²) in [5.74, 6) is 0. The van der Waals surface area contributed by atoms with Gasteiger partial charge in [0.2, 0.25) is 0 Å². The van der Waals surface area contributed by atoms with Crippen molar-refractivity contribution in [3.8, 4) is 11.3 Å². The average Bonchev–Trinajstić information content (AvgIpc) is 3.11. The minimum Gasteiger partial charge on any atom is -0.304 e. The molecule has 27 heavy (non-hydrogen) atoms. The van der Waals surface area contributed by atoms with Crippen molar-refractivity contribution >= 4 is 36.9 Å². The Labute approximate surface area is 167 Å². The van der Waals surface area contributed by atoms with Gasteiger partial charge in [0, 0.05) is 53.7 Å². The molecule has 0 unspecified atom stereocenters. The molecule has 0 saturated carbocycles. The zero-order chi connectivity index (χ0) is 18.8. The molecule has 0 atom stereocenters. The predicted octanol–water partition coefficient (Wildman–Crippen LogP) is 3.37. The zero-order valence-electron chi connectivity index (χ0n) is 15.0. The van der Waals surface area contributed by atoms with Gasteiger partial charge in [-0.2, -0.15) is 0 Å². The molecule has 1 aromatic heterocycles. The van der Waals surface area contributed by atoms with Crippen LogP contribution in [0.1, 0.15) is 5.56 Å². The van der Waals surface area contributed by atoms with Crippen LogP contribution in [0.5, 0.6) is 0 Å². The van der Waals surface area contributed by atoms with E-state index in [0.29, 0.717) is 4.90 Å². The molecule has 5 rings (SSSR count). The normalized spacial score (nSPS) is 19.3. The highest BCUT2D eigenvalue weighted by atomic mass is 79.9. The smallest absolute Gasteiger partial charge is 0.269 e. The van der Waals surface area contributed by atoms with Gasteiger partial charge in [0.1, 0.15) is 0 Å². The van der Waals surface area contributed by atoms with Crippen LogP contribution < -0.4 is 0 Å². The third-order valence-electron chi connectivity index (χ3n) is 5.64. The number of rotatable bonds is 2. The molecule has 0 bridgehead atoms. The standard InChI is InChI=1S/C20H20BrN3O2S/c1-22-9-11-23(12-10-22)13-15-19-16(21)6-4-7-17(19)24-20(15)14-5-2-3-8-18(14)27(24,25)26/h2-8H,9-13H2,1H3. The van der Waals surface area contributed by atoms with Gasteiger partial charge < -0.3 is 4.90 Å². The highest BCUT2D eigenvalue weighted by Crippen LogP contribution is 2.46. The topological polar surface area (TPSA) is 45.5 Å². The second-order valence-corrected chi connectivity index (χ2v) is 9.92. The van der Waals surface area contributed by atoms with E-state index >= 15 is 0 Å². The van der Waals surface area contributed by atoms with E-state index in [9.17, 15) is 8.42 Å². The number of hydrogen-bond donors (Lipinski definition) is 0. The van der Waals surface area contributed by atoms with Crippen molar-refractivity contribution < 1.29 is 8.42 Å². The lowest BCUT2D eigenvalue weighted by Gasteiger charge is -2.32. The van der Waals surface area contributed by atoms with Gasteiger partial charge in [0.15, 0.2) is 0 Å². The lowest BCUT2D eigenvalue weighted by molar-refractivity contribution is 0.148. The Hall–Kier alpha value is -1.67. The molecule has 3 heterocycles. The molecule has 2 aromatic carbocycles. The molecule has 0 amide bonds. The minimum absolute atomic E-state index is 0.404. The van der Waals surface area contributed by atoms with Crippen molar-refractivity contribution in [3.63, 3.8) is 0 Å². The quantitative estimate of drug-likeness (QED) is 0.474. The molecule has 0 spiro atoms. The van der Waals surface area contributed by atoms with Gasteiger partial charge in [-0.3, -0.25) is 4.90 Å². The Morgan fingerprint density at radius 3 is 2.52 bits per heavy atom. The van der Waals surface area contributed by atoms with Gasteiger partial charge in [0.25, 0.3) is 10.0 Å². The van der Waals surface area contributed by atoms with E-state index in [0.717, 1.165) is 64.9 Å². The SMILES string of the molecule is CN1CCN(Cc2c3n(c4cccc(Br)c24)S(=O)(=O)c2ccccc2-3)CC1. The maximum absolute atomic E-state index is 13.3. The number of likely N-dealkylation sites (N-methyl/N-ethyl adjacent to an activating group) is 1. The minimum atomic E-state index is -3.57. The molecule has 1 fully saturated rings. The van der Waals surface area contributed by atoms with Crippen LogP contribution in [0, 0.1) is 0 Å². The fourth-order valence-corrected chi connectivity index (χ4v) is 6.58. The van der Waals surface area contributed by atoms with Gasteiger partial charge in [0.05, 0.1) is 16.1 Å². The summed E-state index contributed by atoms with van der Waals surface area (Å²) in [6, 6.07) is 13.1. The molecule has 7 heteroatoms. The molecule has 1 saturated heterocycles. The first kappa shape index (κ1) is 17.4. The number of aromatic nitrogens is 1. The number of benzene rings is 2. The van der Waals surface area contributed by atoms with Crippen molar-refractivity contribution in [3.05, 3.63) is 52.5 Å². The molecule has 0 aliphatic carbocycles. The lowest BCUT2D eigenvalue weighted by atomic mass is 10.0. The average molecular weight is 446 g/mol. The molecule has 5 nitrogen and oxygen atoms in total. The van der Waals surface area contributed by atoms with Gasteiger partial charge in [-0.1, -0.05) is 40.2 Å². The third kappa shape index (κ3) is 2.52. The predicted molar refractivity (Wildman–Crippen MR) is 110 cm³/mol. The second-order valence-electron chi connectivity index (χ2n) is 7.31. The van der Waals surface area contributed by atoms with Crippen LogP contribution in [0.3, 0.4) is 0 Å². The number of piperazine rings is 1. The molecule has 2 aliphatic rings. The summed E-state index contributed by atoms with van der Waals surface area (Å²) >= 11 is 3.67. The molecular weight excluding hydrogens is 426 g/mol. The van der Waals surface area contributed by atoms with Crippen LogP contribution in [0.25, 0.3) is 22.2 Å². The Morgan fingerprint density at radius 2 is 1.74 bits per heavy atom. The summed E-state index contributed by atoms with van der Waals surface area (Å²) in [5, 5.41) is 1.00. The van der Waals surface area contributed by atoms with Crippen molar-refractivity contribution in [2.75, 3.05) is 33.2 Å². The Kier molecular flexibility index (Phi) is 3.98. The maximum Gasteiger partial charge on any atom is 0.269 e. The van der Waals surface area contributed by atoms with Crippen LogP contribution >= 0.6 is 15.9 Å². The fraction of sp³-hybridized carbons (Fsp3) is 0.300. The highest BCUT2D eigenvalue weighted by molar-refractivity contribution is 9.10. The van der Waals surface area contributed by atoms with Gasteiger partial charge in [-0.15, -0.1) is 0 Å². The van der Waals surface area contributed by atoms with Crippen molar-refractivity contribution in [2.24, 2.45) is 0 Å². The van der Waals surface area contributed by atoms with Crippen molar-refractivity contribution in [2.45, 2.75) is 11.4 Å². The van der Waals surface area contributed by atoms with Crippen LogP contribution in [-0.4, -0.2) is 55.4 Å². The second kappa shape index (κ2) is 6.17. The summed E-state index contributed by atoms with van der Waals surface area (Å²) in [4.78, 5) is 5.15. The van der Waals surface area contributed by atoms with E-state index in [1.54, 1.807) is 16.1 Å². The Bertz CT molecular complexity index is 1160. The number of hydrogen-bond acceptors (Lipinski definition) is 4. The van der Waals surface area contributed by atoms with Crippen LogP contribution in [0.2, 0.25) is 0 Å². The van der Waals surface area contributed by atoms with Gasteiger partial charge in [-0.05, 0) is 25.2 Å². The van der Waals surface area contributed by atoms with E-state index in [-0.39, 0.29) is 0 Å². The monoisotopic (exact) mass is 445 g/mol. The Balaban J connectivity index is 1.77.